The number of hydrogen-bond acceptors (Lipinski definition) is 5. The summed E-state index contributed by atoms with van der Waals surface area (Å²) in [5.41, 5.74) is 0.420. The smallest absolute Gasteiger partial charge is 0.338 e. The van der Waals surface area contributed by atoms with Crippen LogP contribution in [-0.4, -0.2) is 30.3 Å². The van der Waals surface area contributed by atoms with E-state index >= 15 is 0 Å². The van der Waals surface area contributed by atoms with E-state index in [1.165, 1.54) is 24.3 Å². The molecule has 1 N–H and O–H groups in total. The maximum atomic E-state index is 11.6. The summed E-state index contributed by atoms with van der Waals surface area (Å²) in [6, 6.07) is 5.93. The lowest BCUT2D eigenvalue weighted by atomic mass is 10.2. The zero-order chi connectivity index (χ0) is 15.5. The minimum absolute atomic E-state index is 0.115. The minimum Gasteiger partial charge on any atom is -0.508 e. The fourth-order valence-electron chi connectivity index (χ4n) is 1.64. The Labute approximate surface area is 124 Å². The molecule has 0 saturated heterocycles. The maximum Gasteiger partial charge on any atom is 0.338 e. The van der Waals surface area contributed by atoms with Gasteiger partial charge in [0, 0.05) is 6.08 Å². The molecule has 0 aliphatic rings. The van der Waals surface area contributed by atoms with Gasteiger partial charge in [-0.1, -0.05) is 6.58 Å². The molecule has 5 nitrogen and oxygen atoms in total. The van der Waals surface area contributed by atoms with Gasteiger partial charge in [-0.15, -0.1) is 0 Å². The summed E-state index contributed by atoms with van der Waals surface area (Å²) >= 11 is 0. The van der Waals surface area contributed by atoms with E-state index in [1.54, 1.807) is 0 Å². The van der Waals surface area contributed by atoms with Gasteiger partial charge in [-0.05, 0) is 49.9 Å². The van der Waals surface area contributed by atoms with Crippen molar-refractivity contribution in [3.8, 4) is 5.75 Å². The van der Waals surface area contributed by atoms with E-state index in [0.29, 0.717) is 18.8 Å². The van der Waals surface area contributed by atoms with Crippen LogP contribution in [0.25, 0.3) is 0 Å². The van der Waals surface area contributed by atoms with Crippen LogP contribution in [0.4, 0.5) is 0 Å². The second-order valence-corrected chi connectivity index (χ2v) is 4.47. The van der Waals surface area contributed by atoms with Crippen molar-refractivity contribution in [1.29, 1.82) is 0 Å². The number of hydrogen-bond donors (Lipinski definition) is 1. The number of ether oxygens (including phenoxy) is 2. The Bertz CT molecular complexity index is 464. The van der Waals surface area contributed by atoms with Crippen molar-refractivity contribution in [1.82, 2.24) is 0 Å². The van der Waals surface area contributed by atoms with Crippen molar-refractivity contribution in [2.45, 2.75) is 25.7 Å². The largest absolute Gasteiger partial charge is 0.508 e. The molecule has 1 rings (SSSR count). The molecule has 0 spiro atoms. The number of esters is 2. The van der Waals surface area contributed by atoms with E-state index in [1.807, 2.05) is 0 Å². The molecule has 0 bridgehead atoms. The summed E-state index contributed by atoms with van der Waals surface area (Å²) in [5.74, 6) is -0.684. The maximum absolute atomic E-state index is 11.6. The zero-order valence-corrected chi connectivity index (χ0v) is 11.9. The third-order valence-corrected chi connectivity index (χ3v) is 2.79. The van der Waals surface area contributed by atoms with Crippen LogP contribution in [0.3, 0.4) is 0 Å². The van der Waals surface area contributed by atoms with Gasteiger partial charge in [-0.25, -0.2) is 9.59 Å². The van der Waals surface area contributed by atoms with Gasteiger partial charge in [0.1, 0.15) is 5.75 Å². The van der Waals surface area contributed by atoms with Gasteiger partial charge in [-0.2, -0.15) is 0 Å². The highest BCUT2D eigenvalue weighted by atomic mass is 16.5. The first kappa shape index (κ1) is 16.8. The molecule has 0 aromatic heterocycles. The molecule has 0 aliphatic carbocycles. The molecule has 0 heterocycles. The summed E-state index contributed by atoms with van der Waals surface area (Å²) in [4.78, 5) is 22.4. The SMILES string of the molecule is C=CC(=O)OCCCCCCOC(=O)c1ccc(O)cc1. The summed E-state index contributed by atoms with van der Waals surface area (Å²) in [6.07, 6.45) is 4.49. The van der Waals surface area contributed by atoms with Crippen molar-refractivity contribution in [2.24, 2.45) is 0 Å². The topological polar surface area (TPSA) is 72.8 Å². The van der Waals surface area contributed by atoms with Crippen LogP contribution in [0.5, 0.6) is 5.75 Å². The Morgan fingerprint density at radius 3 is 2.14 bits per heavy atom. The van der Waals surface area contributed by atoms with Gasteiger partial charge < -0.3 is 14.6 Å². The van der Waals surface area contributed by atoms with Crippen LogP contribution in [0.1, 0.15) is 36.0 Å². The Kier molecular flexibility index (Phi) is 7.64. The monoisotopic (exact) mass is 292 g/mol. The third kappa shape index (κ3) is 7.15. The minimum atomic E-state index is -0.405. The molecule has 5 heteroatoms. The number of rotatable bonds is 9. The van der Waals surface area contributed by atoms with E-state index in [0.717, 1.165) is 31.8 Å². The molecule has 0 saturated carbocycles. The van der Waals surface area contributed by atoms with Crippen LogP contribution >= 0.6 is 0 Å². The van der Waals surface area contributed by atoms with Gasteiger partial charge in [0.05, 0.1) is 18.8 Å². The molecule has 0 aliphatic heterocycles. The van der Waals surface area contributed by atoms with Crippen LogP contribution in [0.2, 0.25) is 0 Å². The van der Waals surface area contributed by atoms with Crippen molar-refractivity contribution >= 4 is 11.9 Å². The zero-order valence-electron chi connectivity index (χ0n) is 11.9. The van der Waals surface area contributed by atoms with Crippen LogP contribution in [0.15, 0.2) is 36.9 Å². The molecule has 21 heavy (non-hydrogen) atoms. The van der Waals surface area contributed by atoms with Gasteiger partial charge in [0.25, 0.3) is 0 Å². The summed E-state index contributed by atoms with van der Waals surface area (Å²) in [5, 5.41) is 9.12. The molecule has 0 atom stereocenters. The lowest BCUT2D eigenvalue weighted by Crippen LogP contribution is -2.06. The molecule has 114 valence electrons. The Balaban J connectivity index is 2.04. The van der Waals surface area contributed by atoms with Crippen molar-refractivity contribution in [3.63, 3.8) is 0 Å². The molecular weight excluding hydrogens is 272 g/mol. The van der Waals surface area contributed by atoms with E-state index < -0.39 is 11.9 Å². The number of unbranched alkanes of at least 4 members (excludes halogenated alkanes) is 3. The van der Waals surface area contributed by atoms with Crippen LogP contribution in [0, 0.1) is 0 Å². The predicted molar refractivity (Wildman–Crippen MR) is 78.0 cm³/mol. The highest BCUT2D eigenvalue weighted by molar-refractivity contribution is 5.89. The molecular formula is C16H20O5. The summed E-state index contributed by atoms with van der Waals surface area (Å²) in [6.45, 7) is 4.05. The lowest BCUT2D eigenvalue weighted by molar-refractivity contribution is -0.137. The second kappa shape index (κ2) is 9.58. The number of benzene rings is 1. The fraction of sp³-hybridized carbons (Fsp3) is 0.375. The number of phenolic OH excluding ortho intramolecular Hbond substituents is 1. The first-order chi connectivity index (χ1) is 10.1. The highest BCUT2D eigenvalue weighted by Crippen LogP contribution is 2.11. The Morgan fingerprint density at radius 2 is 1.57 bits per heavy atom. The molecule has 1 aromatic rings. The van der Waals surface area contributed by atoms with Crippen LogP contribution < -0.4 is 0 Å². The van der Waals surface area contributed by atoms with Crippen molar-refractivity contribution in [3.05, 3.63) is 42.5 Å². The number of aromatic hydroxyl groups is 1. The second-order valence-electron chi connectivity index (χ2n) is 4.47. The highest BCUT2D eigenvalue weighted by Gasteiger charge is 2.06. The van der Waals surface area contributed by atoms with Gasteiger partial charge >= 0.3 is 11.9 Å². The Hall–Kier alpha value is -2.30. The van der Waals surface area contributed by atoms with Gasteiger partial charge in [0.2, 0.25) is 0 Å². The van der Waals surface area contributed by atoms with Gasteiger partial charge in [0.15, 0.2) is 0 Å². The van der Waals surface area contributed by atoms with Gasteiger partial charge in [-0.3, -0.25) is 0 Å². The van der Waals surface area contributed by atoms with Crippen molar-refractivity contribution in [2.75, 3.05) is 13.2 Å². The van der Waals surface area contributed by atoms with E-state index in [-0.39, 0.29) is 5.75 Å². The standard InChI is InChI=1S/C16H20O5/c1-2-15(18)20-11-5-3-4-6-12-21-16(19)13-7-9-14(17)10-8-13/h2,7-10,17H,1,3-6,11-12H2. The fourth-order valence-corrected chi connectivity index (χ4v) is 1.64. The lowest BCUT2D eigenvalue weighted by Gasteiger charge is -2.05. The van der Waals surface area contributed by atoms with E-state index in [2.05, 4.69) is 6.58 Å². The number of phenols is 1. The molecule has 0 amide bonds. The van der Waals surface area contributed by atoms with Crippen molar-refractivity contribution < 1.29 is 24.2 Å². The predicted octanol–water partition coefficient (Wildman–Crippen LogP) is 2.84. The number of carbonyl (C=O) groups is 2. The first-order valence-corrected chi connectivity index (χ1v) is 6.89. The third-order valence-electron chi connectivity index (χ3n) is 2.79. The molecule has 1 aromatic carbocycles. The molecule has 0 fully saturated rings. The average Bonchev–Trinajstić information content (AvgIpc) is 2.50. The van der Waals surface area contributed by atoms with Crippen LogP contribution in [-0.2, 0) is 14.3 Å². The number of carbonyl (C=O) groups excluding carboxylic acids is 2. The molecule has 0 unspecified atom stereocenters. The van der Waals surface area contributed by atoms with E-state index in [9.17, 15) is 9.59 Å². The quantitative estimate of drug-likeness (QED) is 0.430. The molecule has 0 radical (unpaired) electrons. The Morgan fingerprint density at radius 1 is 1.00 bits per heavy atom. The average molecular weight is 292 g/mol. The summed E-state index contributed by atoms with van der Waals surface area (Å²) in [7, 11) is 0. The first-order valence-electron chi connectivity index (χ1n) is 6.89. The summed E-state index contributed by atoms with van der Waals surface area (Å²) < 4.78 is 9.95. The van der Waals surface area contributed by atoms with E-state index in [4.69, 9.17) is 14.6 Å². The normalized spacial score (nSPS) is 9.90.